The zero-order valence-electron chi connectivity index (χ0n) is 11.8. The van der Waals surface area contributed by atoms with Gasteiger partial charge in [0.2, 0.25) is 10.0 Å². The van der Waals surface area contributed by atoms with Crippen LogP contribution in [0.1, 0.15) is 31.7 Å². The summed E-state index contributed by atoms with van der Waals surface area (Å²) in [7, 11) is -2.19. The number of aliphatic hydroxyl groups is 1. The standard InChI is InChI=1S/C14H21NO4S/c1-3-14(6-7-14)10-15-20(17,18)13-8-11(9-16)4-5-12(13)19-2/h4-5,8,15-16H,3,6-7,9-10H2,1-2H3. The number of aliphatic hydroxyl groups excluding tert-OH is 1. The molecule has 0 atom stereocenters. The molecule has 0 spiro atoms. The van der Waals surface area contributed by atoms with Crippen LogP contribution in [0.25, 0.3) is 0 Å². The largest absolute Gasteiger partial charge is 0.495 e. The van der Waals surface area contributed by atoms with Crippen LogP contribution in [-0.4, -0.2) is 27.2 Å². The van der Waals surface area contributed by atoms with E-state index in [2.05, 4.69) is 11.6 Å². The highest BCUT2D eigenvalue weighted by Gasteiger charge is 2.41. The van der Waals surface area contributed by atoms with E-state index in [0.717, 1.165) is 19.3 Å². The van der Waals surface area contributed by atoms with Crippen LogP contribution < -0.4 is 9.46 Å². The van der Waals surface area contributed by atoms with Crippen LogP contribution in [0.2, 0.25) is 0 Å². The van der Waals surface area contributed by atoms with E-state index in [9.17, 15) is 8.42 Å². The second-order valence-corrected chi connectivity index (χ2v) is 7.06. The summed E-state index contributed by atoms with van der Waals surface area (Å²) in [6, 6.07) is 4.66. The summed E-state index contributed by atoms with van der Waals surface area (Å²) in [5.41, 5.74) is 0.678. The molecule has 20 heavy (non-hydrogen) atoms. The van der Waals surface area contributed by atoms with Crippen molar-refractivity contribution in [1.29, 1.82) is 0 Å². The Labute approximate surface area is 120 Å². The van der Waals surface area contributed by atoms with Gasteiger partial charge < -0.3 is 9.84 Å². The number of hydrogen-bond acceptors (Lipinski definition) is 4. The Morgan fingerprint density at radius 1 is 1.40 bits per heavy atom. The van der Waals surface area contributed by atoms with Gasteiger partial charge in [-0.15, -0.1) is 0 Å². The van der Waals surface area contributed by atoms with Crippen LogP contribution in [-0.2, 0) is 16.6 Å². The third-order valence-electron chi connectivity index (χ3n) is 4.04. The molecule has 5 nitrogen and oxygen atoms in total. The van der Waals surface area contributed by atoms with Crippen LogP contribution in [0.3, 0.4) is 0 Å². The Morgan fingerprint density at radius 2 is 2.10 bits per heavy atom. The molecule has 1 aliphatic rings. The zero-order valence-corrected chi connectivity index (χ0v) is 12.7. The first-order valence-corrected chi connectivity index (χ1v) is 8.22. The quantitative estimate of drug-likeness (QED) is 0.803. The molecule has 0 amide bonds. The molecule has 1 aromatic carbocycles. The Kier molecular flexibility index (Phi) is 4.36. The SMILES string of the molecule is CCC1(CNS(=O)(=O)c2cc(CO)ccc2OC)CC1. The van der Waals surface area contributed by atoms with Gasteiger partial charge in [0.1, 0.15) is 10.6 Å². The third kappa shape index (κ3) is 3.13. The molecular formula is C14H21NO4S. The van der Waals surface area contributed by atoms with Crippen LogP contribution in [0.15, 0.2) is 23.1 Å². The summed E-state index contributed by atoms with van der Waals surface area (Å²) in [4.78, 5) is 0.0819. The molecule has 0 bridgehead atoms. The Balaban J connectivity index is 2.23. The summed E-state index contributed by atoms with van der Waals surface area (Å²) in [5.74, 6) is 0.288. The summed E-state index contributed by atoms with van der Waals surface area (Å²) in [5, 5.41) is 9.14. The molecule has 2 rings (SSSR count). The Morgan fingerprint density at radius 3 is 2.60 bits per heavy atom. The van der Waals surface area contributed by atoms with Crippen LogP contribution in [0.5, 0.6) is 5.75 Å². The molecule has 0 unspecified atom stereocenters. The third-order valence-corrected chi connectivity index (χ3v) is 5.47. The molecule has 0 heterocycles. The average Bonchev–Trinajstić information content (AvgIpc) is 3.25. The minimum Gasteiger partial charge on any atom is -0.495 e. The number of sulfonamides is 1. The van der Waals surface area contributed by atoms with E-state index < -0.39 is 10.0 Å². The molecular weight excluding hydrogens is 278 g/mol. The van der Waals surface area contributed by atoms with Crippen molar-refractivity contribution in [3.8, 4) is 5.75 Å². The number of hydrogen-bond donors (Lipinski definition) is 2. The van der Waals surface area contributed by atoms with E-state index in [1.165, 1.54) is 13.2 Å². The fourth-order valence-corrected chi connectivity index (χ4v) is 3.56. The second kappa shape index (κ2) is 5.71. The topological polar surface area (TPSA) is 75.6 Å². The normalized spacial score (nSPS) is 16.9. The van der Waals surface area contributed by atoms with Gasteiger partial charge in [-0.25, -0.2) is 13.1 Å². The molecule has 2 N–H and O–H groups in total. The maximum absolute atomic E-state index is 12.4. The summed E-state index contributed by atoms with van der Waals surface area (Å²) >= 11 is 0. The first kappa shape index (κ1) is 15.3. The van der Waals surface area contributed by atoms with Crippen LogP contribution in [0, 0.1) is 5.41 Å². The first-order chi connectivity index (χ1) is 9.46. The van der Waals surface area contributed by atoms with Gasteiger partial charge in [-0.05, 0) is 42.4 Å². The number of nitrogens with one attached hydrogen (secondary N) is 1. The fourth-order valence-electron chi connectivity index (χ4n) is 2.19. The second-order valence-electron chi connectivity index (χ2n) is 5.32. The lowest BCUT2D eigenvalue weighted by Gasteiger charge is -2.15. The molecule has 0 saturated heterocycles. The predicted octanol–water partition coefficient (Wildman–Crippen LogP) is 1.66. The molecule has 1 aromatic rings. The van der Waals surface area contributed by atoms with Gasteiger partial charge in [0.15, 0.2) is 0 Å². The highest BCUT2D eigenvalue weighted by molar-refractivity contribution is 7.89. The number of ether oxygens (including phenoxy) is 1. The predicted molar refractivity (Wildman–Crippen MR) is 76.1 cm³/mol. The van der Waals surface area contributed by atoms with Gasteiger partial charge in [0, 0.05) is 6.54 Å². The minimum atomic E-state index is -3.63. The van der Waals surface area contributed by atoms with Crippen molar-refractivity contribution >= 4 is 10.0 Å². The Hall–Kier alpha value is -1.11. The Bertz CT molecular complexity index is 579. The first-order valence-electron chi connectivity index (χ1n) is 6.74. The number of methoxy groups -OCH3 is 1. The van der Waals surface area contributed by atoms with Gasteiger partial charge in [0.25, 0.3) is 0 Å². The lowest BCUT2D eigenvalue weighted by molar-refractivity contribution is 0.281. The molecule has 6 heteroatoms. The van der Waals surface area contributed by atoms with E-state index in [4.69, 9.17) is 9.84 Å². The van der Waals surface area contributed by atoms with Crippen molar-refractivity contribution in [1.82, 2.24) is 4.72 Å². The van der Waals surface area contributed by atoms with Crippen molar-refractivity contribution < 1.29 is 18.3 Å². The smallest absolute Gasteiger partial charge is 0.244 e. The van der Waals surface area contributed by atoms with Crippen molar-refractivity contribution in [2.24, 2.45) is 5.41 Å². The van der Waals surface area contributed by atoms with E-state index in [1.807, 2.05) is 0 Å². The van der Waals surface area contributed by atoms with Gasteiger partial charge in [-0.1, -0.05) is 13.0 Å². The maximum atomic E-state index is 12.4. The molecule has 0 aromatic heterocycles. The van der Waals surface area contributed by atoms with Gasteiger partial charge in [-0.2, -0.15) is 0 Å². The van der Waals surface area contributed by atoms with Gasteiger partial charge in [-0.3, -0.25) is 0 Å². The number of rotatable bonds is 7. The van der Waals surface area contributed by atoms with Crippen molar-refractivity contribution in [3.05, 3.63) is 23.8 Å². The van der Waals surface area contributed by atoms with E-state index in [1.54, 1.807) is 12.1 Å². The van der Waals surface area contributed by atoms with Crippen molar-refractivity contribution in [2.75, 3.05) is 13.7 Å². The zero-order chi connectivity index (χ0) is 14.8. The summed E-state index contributed by atoms with van der Waals surface area (Å²) in [6.07, 6.45) is 3.11. The summed E-state index contributed by atoms with van der Waals surface area (Å²) in [6.45, 7) is 2.33. The van der Waals surface area contributed by atoms with E-state index in [-0.39, 0.29) is 22.7 Å². The highest BCUT2D eigenvalue weighted by Crippen LogP contribution is 2.48. The lowest BCUT2D eigenvalue weighted by atomic mass is 10.1. The van der Waals surface area contributed by atoms with E-state index >= 15 is 0 Å². The minimum absolute atomic E-state index is 0.0819. The van der Waals surface area contributed by atoms with Crippen LogP contribution in [0.4, 0.5) is 0 Å². The monoisotopic (exact) mass is 299 g/mol. The van der Waals surface area contributed by atoms with Gasteiger partial charge >= 0.3 is 0 Å². The molecule has 1 aliphatic carbocycles. The molecule has 0 radical (unpaired) electrons. The number of benzene rings is 1. The molecule has 0 aliphatic heterocycles. The van der Waals surface area contributed by atoms with Crippen molar-refractivity contribution in [2.45, 2.75) is 37.7 Å². The average molecular weight is 299 g/mol. The molecule has 1 fully saturated rings. The fraction of sp³-hybridized carbons (Fsp3) is 0.571. The maximum Gasteiger partial charge on any atom is 0.244 e. The van der Waals surface area contributed by atoms with Crippen molar-refractivity contribution in [3.63, 3.8) is 0 Å². The lowest BCUT2D eigenvalue weighted by Crippen LogP contribution is -2.30. The van der Waals surface area contributed by atoms with E-state index in [0.29, 0.717) is 12.1 Å². The molecule has 112 valence electrons. The summed E-state index contributed by atoms with van der Waals surface area (Å²) < 4.78 is 32.6. The molecule has 1 saturated carbocycles. The van der Waals surface area contributed by atoms with Crippen LogP contribution >= 0.6 is 0 Å². The highest BCUT2D eigenvalue weighted by atomic mass is 32.2. The van der Waals surface area contributed by atoms with Gasteiger partial charge in [0.05, 0.1) is 13.7 Å².